The smallest absolute Gasteiger partial charge is 0.425 e. The Kier molecular flexibility index (Phi) is 6.00. The van der Waals surface area contributed by atoms with E-state index >= 15 is 0 Å². The fourth-order valence-electron chi connectivity index (χ4n) is 2.45. The zero-order chi connectivity index (χ0) is 19.6. The van der Waals surface area contributed by atoms with Gasteiger partial charge in [-0.15, -0.1) is 0 Å². The minimum absolute atomic E-state index is 0.137. The van der Waals surface area contributed by atoms with Crippen molar-refractivity contribution < 1.29 is 22.7 Å². The molecule has 0 unspecified atom stereocenters. The van der Waals surface area contributed by atoms with Gasteiger partial charge in [0.2, 0.25) is 0 Å². The molecule has 0 bridgehead atoms. The molecule has 0 spiro atoms. The molecule has 1 aromatic rings. The molecule has 0 aromatic heterocycles. The van der Waals surface area contributed by atoms with Crippen molar-refractivity contribution in [3.8, 4) is 5.75 Å². The van der Waals surface area contributed by atoms with Gasteiger partial charge in [-0.2, -0.15) is 13.2 Å². The summed E-state index contributed by atoms with van der Waals surface area (Å²) in [7, 11) is 0. The molecule has 2 nitrogen and oxygen atoms in total. The number of rotatable bonds is 3. The minimum Gasteiger partial charge on any atom is -0.493 e. The summed E-state index contributed by atoms with van der Waals surface area (Å²) in [4.78, 5) is 10.7. The van der Waals surface area contributed by atoms with E-state index in [1.54, 1.807) is 12.7 Å². The maximum absolute atomic E-state index is 13.5. The highest BCUT2D eigenvalue weighted by atomic mass is 19.4. The lowest BCUT2D eigenvalue weighted by molar-refractivity contribution is -0.0689. The largest absolute Gasteiger partial charge is 0.493 e. The molecule has 5 heteroatoms. The number of ether oxygens (including phenoxy) is 1. The summed E-state index contributed by atoms with van der Waals surface area (Å²) in [5.74, 6) is 1.28. The lowest BCUT2D eigenvalue weighted by Gasteiger charge is -2.29. The fourth-order valence-corrected chi connectivity index (χ4v) is 2.45. The number of benzene rings is 1. The van der Waals surface area contributed by atoms with Gasteiger partial charge in [0, 0.05) is 11.1 Å². The van der Waals surface area contributed by atoms with Crippen LogP contribution < -0.4 is 4.74 Å². The lowest BCUT2D eigenvalue weighted by atomic mass is 9.78. The zero-order valence-electron chi connectivity index (χ0n) is 15.8. The van der Waals surface area contributed by atoms with Crippen LogP contribution in [0.4, 0.5) is 13.2 Å². The van der Waals surface area contributed by atoms with Crippen molar-refractivity contribution in [1.82, 2.24) is 0 Å². The van der Waals surface area contributed by atoms with Crippen molar-refractivity contribution in [2.24, 2.45) is 0 Å². The molecule has 0 atom stereocenters. The molecule has 0 fully saturated rings. The van der Waals surface area contributed by atoms with Crippen LogP contribution >= 0.6 is 0 Å². The van der Waals surface area contributed by atoms with Gasteiger partial charge in [-0.25, -0.2) is 4.79 Å². The summed E-state index contributed by atoms with van der Waals surface area (Å²) < 4.78 is 46.2. The molecule has 0 aliphatic rings. The van der Waals surface area contributed by atoms with Gasteiger partial charge in [-0.05, 0) is 35.1 Å². The molecular formula is C20H25F3O2. The van der Waals surface area contributed by atoms with E-state index < -0.39 is 17.2 Å². The number of hydrogen-bond donors (Lipinski definition) is 0. The molecule has 0 saturated carbocycles. The van der Waals surface area contributed by atoms with Gasteiger partial charge >= 0.3 is 6.18 Å². The van der Waals surface area contributed by atoms with Gasteiger partial charge in [0.25, 0.3) is 0 Å². The normalized spacial score (nSPS) is 12.4. The fraction of sp³-hybridized carbons (Fsp3) is 0.550. The van der Waals surface area contributed by atoms with E-state index in [0.29, 0.717) is 5.56 Å². The average Bonchev–Trinajstić information content (AvgIpc) is 2.41. The second-order valence-electron chi connectivity index (χ2n) is 7.93. The zero-order valence-corrected chi connectivity index (χ0v) is 15.8. The number of allylic oxidation sites excluding steroid dienone is 1. The maximum atomic E-state index is 13.5. The molecule has 0 amide bonds. The molecule has 0 aliphatic carbocycles. The lowest BCUT2D eigenvalue weighted by Crippen LogP contribution is -2.21. The topological polar surface area (TPSA) is 26.3 Å². The maximum Gasteiger partial charge on any atom is 0.425 e. The number of alkyl halides is 3. The number of halogens is 3. The van der Waals surface area contributed by atoms with Gasteiger partial charge in [0.1, 0.15) is 11.3 Å². The van der Waals surface area contributed by atoms with Crippen molar-refractivity contribution in [3.05, 3.63) is 34.6 Å². The molecule has 0 radical (unpaired) electrons. The Labute approximate surface area is 147 Å². The first-order valence-electron chi connectivity index (χ1n) is 8.13. The van der Waals surface area contributed by atoms with Crippen molar-refractivity contribution in [2.75, 3.05) is 6.61 Å². The summed E-state index contributed by atoms with van der Waals surface area (Å²) in [6.45, 7) is 13.4. The Balaban J connectivity index is 4.04. The summed E-state index contributed by atoms with van der Waals surface area (Å²) in [5.41, 5.74) is 0.935. The van der Waals surface area contributed by atoms with E-state index in [1.807, 2.05) is 47.6 Å². The highest BCUT2D eigenvalue weighted by molar-refractivity contribution is 5.79. The predicted molar refractivity (Wildman–Crippen MR) is 93.7 cm³/mol. The average molecular weight is 354 g/mol. The van der Waals surface area contributed by atoms with Gasteiger partial charge in [0.15, 0.2) is 5.94 Å². The summed E-state index contributed by atoms with van der Waals surface area (Å²) in [6, 6.07) is 3.32. The molecule has 0 saturated heterocycles. The van der Waals surface area contributed by atoms with E-state index in [9.17, 15) is 18.0 Å². The monoisotopic (exact) mass is 354 g/mol. The third kappa shape index (κ3) is 5.01. The van der Waals surface area contributed by atoms with Gasteiger partial charge < -0.3 is 4.74 Å². The predicted octanol–water partition coefficient (Wildman–Crippen LogP) is 5.61. The van der Waals surface area contributed by atoms with Crippen LogP contribution in [0.25, 0.3) is 5.57 Å². The SMILES string of the molecule is CCOc1c(C(=C=C=O)C(F)(F)F)cc(C(C)(C)C)cc1C(C)(C)C. The second-order valence-corrected chi connectivity index (χ2v) is 7.93. The molecule has 0 N–H and O–H groups in total. The summed E-state index contributed by atoms with van der Waals surface area (Å²) >= 11 is 0. The van der Waals surface area contributed by atoms with Crippen LogP contribution in [-0.4, -0.2) is 18.7 Å². The van der Waals surface area contributed by atoms with Crippen LogP contribution in [0.1, 0.15) is 65.2 Å². The van der Waals surface area contributed by atoms with Gasteiger partial charge in [0.05, 0.1) is 6.61 Å². The van der Waals surface area contributed by atoms with Gasteiger partial charge in [-0.1, -0.05) is 47.6 Å². The van der Waals surface area contributed by atoms with Crippen LogP contribution in [0.2, 0.25) is 0 Å². The summed E-state index contributed by atoms with van der Waals surface area (Å²) in [5, 5.41) is 0. The van der Waals surface area contributed by atoms with Crippen LogP contribution in [0.5, 0.6) is 5.75 Å². The van der Waals surface area contributed by atoms with Crippen LogP contribution in [-0.2, 0) is 15.6 Å². The first kappa shape index (κ1) is 21.1. The Bertz CT molecular complexity index is 719. The molecule has 1 aromatic carbocycles. The van der Waals surface area contributed by atoms with E-state index in [-0.39, 0.29) is 23.3 Å². The van der Waals surface area contributed by atoms with E-state index in [4.69, 9.17) is 4.74 Å². The second kappa shape index (κ2) is 7.11. The van der Waals surface area contributed by atoms with Crippen molar-refractivity contribution in [3.63, 3.8) is 0 Å². The molecule has 0 aliphatic heterocycles. The summed E-state index contributed by atoms with van der Waals surface area (Å²) in [6.07, 6.45) is -4.74. The molecule has 138 valence electrons. The van der Waals surface area contributed by atoms with E-state index in [1.165, 1.54) is 6.07 Å². The Hall–Kier alpha value is -1.96. The number of hydrogen-bond acceptors (Lipinski definition) is 2. The van der Waals surface area contributed by atoms with E-state index in [2.05, 4.69) is 0 Å². The molecular weight excluding hydrogens is 329 g/mol. The van der Waals surface area contributed by atoms with Crippen molar-refractivity contribution >= 4 is 11.5 Å². The third-order valence-electron chi connectivity index (χ3n) is 3.78. The highest BCUT2D eigenvalue weighted by Gasteiger charge is 2.39. The Morgan fingerprint density at radius 1 is 1.04 bits per heavy atom. The third-order valence-corrected chi connectivity index (χ3v) is 3.78. The first-order valence-corrected chi connectivity index (χ1v) is 8.13. The highest BCUT2D eigenvalue weighted by Crippen LogP contribution is 2.44. The molecule has 1 rings (SSSR count). The van der Waals surface area contributed by atoms with Crippen LogP contribution in [0.3, 0.4) is 0 Å². The van der Waals surface area contributed by atoms with Gasteiger partial charge in [-0.3, -0.25) is 0 Å². The van der Waals surface area contributed by atoms with E-state index in [0.717, 1.165) is 11.5 Å². The quantitative estimate of drug-likeness (QED) is 0.521. The standard InChI is InChI=1S/C20H25F3O2/c1-8-25-17-14(15(9-10-24)20(21,22)23)11-13(18(2,3)4)12-16(17)19(5,6)7/h11-12H,8H2,1-7H3. The minimum atomic E-state index is -4.74. The molecule has 0 heterocycles. The Morgan fingerprint density at radius 3 is 1.96 bits per heavy atom. The number of carbonyl (C=O) groups excluding carboxylic acids is 1. The van der Waals surface area contributed by atoms with Crippen molar-refractivity contribution in [1.29, 1.82) is 0 Å². The Morgan fingerprint density at radius 2 is 1.60 bits per heavy atom. The van der Waals surface area contributed by atoms with Crippen LogP contribution in [0, 0.1) is 0 Å². The first-order chi connectivity index (χ1) is 11.2. The molecule has 25 heavy (non-hydrogen) atoms. The van der Waals surface area contributed by atoms with Crippen LogP contribution in [0.15, 0.2) is 17.9 Å². The van der Waals surface area contributed by atoms with Crippen molar-refractivity contribution in [2.45, 2.75) is 65.5 Å².